The highest BCUT2D eigenvalue weighted by atomic mass is 15.1. The highest BCUT2D eigenvalue weighted by Crippen LogP contribution is 2.19. The molecule has 1 aromatic carbocycles. The second-order valence-corrected chi connectivity index (χ2v) is 5.21. The molecule has 1 aromatic rings. The lowest BCUT2D eigenvalue weighted by molar-refractivity contribution is 0.455. The number of hydrogen-bond donors (Lipinski definition) is 1. The van der Waals surface area contributed by atoms with Crippen LogP contribution in [0, 0.1) is 13.8 Å². The molecule has 90 valence electrons. The molecule has 2 heteroatoms. The molecule has 0 heterocycles. The smallest absolute Gasteiger partial charge is 0.0369 e. The minimum absolute atomic E-state index is 0.119. The molecular weight excluding hydrogens is 196 g/mol. The third kappa shape index (κ3) is 3.53. The molecule has 16 heavy (non-hydrogen) atoms. The van der Waals surface area contributed by atoms with Crippen LogP contribution < -0.4 is 10.6 Å². The molecule has 0 aliphatic rings. The molecule has 0 aliphatic carbocycles. The summed E-state index contributed by atoms with van der Waals surface area (Å²) in [5.41, 5.74) is 9.93. The summed E-state index contributed by atoms with van der Waals surface area (Å²) in [6.45, 7) is 9.38. The number of benzene rings is 1. The van der Waals surface area contributed by atoms with E-state index in [0.717, 1.165) is 13.0 Å². The quantitative estimate of drug-likeness (QED) is 0.845. The minimum atomic E-state index is -0.119. The van der Waals surface area contributed by atoms with Gasteiger partial charge < -0.3 is 10.6 Å². The van der Waals surface area contributed by atoms with Crippen molar-refractivity contribution in [3.05, 3.63) is 29.3 Å². The lowest BCUT2D eigenvalue weighted by Gasteiger charge is -2.31. The predicted molar refractivity (Wildman–Crippen MR) is 72.1 cm³/mol. The monoisotopic (exact) mass is 220 g/mol. The average molecular weight is 220 g/mol. The van der Waals surface area contributed by atoms with E-state index in [4.69, 9.17) is 5.73 Å². The SMILES string of the molecule is CCC(C)(N)CN(C)c1cc(C)cc(C)c1. The van der Waals surface area contributed by atoms with Crippen LogP contribution in [0.15, 0.2) is 18.2 Å². The normalized spacial score (nSPS) is 14.6. The Bertz CT molecular complexity index is 336. The van der Waals surface area contributed by atoms with Crippen LogP contribution in [0.5, 0.6) is 0 Å². The van der Waals surface area contributed by atoms with Crippen molar-refractivity contribution < 1.29 is 0 Å². The van der Waals surface area contributed by atoms with Crippen LogP contribution in [0.3, 0.4) is 0 Å². The number of aryl methyl sites for hydroxylation is 2. The molecule has 1 atom stereocenters. The highest BCUT2D eigenvalue weighted by Gasteiger charge is 2.18. The third-order valence-electron chi connectivity index (χ3n) is 3.05. The molecular formula is C14H24N2. The molecule has 0 aliphatic heterocycles. The van der Waals surface area contributed by atoms with Crippen molar-refractivity contribution in [2.45, 2.75) is 39.7 Å². The Hall–Kier alpha value is -1.02. The van der Waals surface area contributed by atoms with Crippen molar-refractivity contribution in [3.8, 4) is 0 Å². The fourth-order valence-electron chi connectivity index (χ4n) is 1.92. The van der Waals surface area contributed by atoms with Crippen LogP contribution in [0.1, 0.15) is 31.4 Å². The summed E-state index contributed by atoms with van der Waals surface area (Å²) in [6, 6.07) is 6.61. The first kappa shape index (κ1) is 13.0. The van der Waals surface area contributed by atoms with Gasteiger partial charge in [0.2, 0.25) is 0 Å². The molecule has 1 unspecified atom stereocenters. The lowest BCUT2D eigenvalue weighted by atomic mass is 9.99. The molecule has 0 amide bonds. The van der Waals surface area contributed by atoms with Crippen LogP contribution in [-0.4, -0.2) is 19.1 Å². The number of rotatable bonds is 4. The van der Waals surface area contributed by atoms with Gasteiger partial charge in [0.15, 0.2) is 0 Å². The number of anilines is 1. The maximum Gasteiger partial charge on any atom is 0.0369 e. The van der Waals surface area contributed by atoms with Gasteiger partial charge >= 0.3 is 0 Å². The first-order chi connectivity index (χ1) is 7.34. The standard InChI is InChI=1S/C14H24N2/c1-6-14(4,15)10-16(5)13-8-11(2)7-12(3)9-13/h7-9H,6,10,15H2,1-5H3. The summed E-state index contributed by atoms with van der Waals surface area (Å²) in [5.74, 6) is 0. The van der Waals surface area contributed by atoms with Crippen LogP contribution >= 0.6 is 0 Å². The highest BCUT2D eigenvalue weighted by molar-refractivity contribution is 5.50. The van der Waals surface area contributed by atoms with Gasteiger partial charge in [-0.05, 0) is 50.5 Å². The van der Waals surface area contributed by atoms with E-state index in [2.05, 4.69) is 57.8 Å². The first-order valence-electron chi connectivity index (χ1n) is 5.92. The second-order valence-electron chi connectivity index (χ2n) is 5.21. The summed E-state index contributed by atoms with van der Waals surface area (Å²) >= 11 is 0. The van der Waals surface area contributed by atoms with Crippen LogP contribution in [0.4, 0.5) is 5.69 Å². The maximum absolute atomic E-state index is 6.19. The van der Waals surface area contributed by atoms with Gasteiger partial charge in [0.25, 0.3) is 0 Å². The van der Waals surface area contributed by atoms with Gasteiger partial charge in [-0.15, -0.1) is 0 Å². The maximum atomic E-state index is 6.19. The van der Waals surface area contributed by atoms with Gasteiger partial charge in [0.1, 0.15) is 0 Å². The van der Waals surface area contributed by atoms with Crippen molar-refractivity contribution in [1.82, 2.24) is 0 Å². The van der Waals surface area contributed by atoms with Crippen molar-refractivity contribution in [2.24, 2.45) is 5.73 Å². The molecule has 0 radical (unpaired) electrons. The molecule has 0 saturated carbocycles. The second kappa shape index (κ2) is 4.88. The Morgan fingerprint density at radius 3 is 2.12 bits per heavy atom. The van der Waals surface area contributed by atoms with E-state index < -0.39 is 0 Å². The van der Waals surface area contributed by atoms with E-state index in [1.807, 2.05) is 0 Å². The van der Waals surface area contributed by atoms with E-state index >= 15 is 0 Å². The zero-order chi connectivity index (χ0) is 12.3. The number of nitrogens with two attached hydrogens (primary N) is 1. The van der Waals surface area contributed by atoms with Crippen LogP contribution in [0.25, 0.3) is 0 Å². The van der Waals surface area contributed by atoms with Crippen molar-refractivity contribution in [1.29, 1.82) is 0 Å². The molecule has 0 bridgehead atoms. The van der Waals surface area contributed by atoms with Gasteiger partial charge in [-0.2, -0.15) is 0 Å². The Kier molecular flexibility index (Phi) is 3.98. The van der Waals surface area contributed by atoms with Gasteiger partial charge in [0, 0.05) is 24.8 Å². The van der Waals surface area contributed by atoms with E-state index in [1.54, 1.807) is 0 Å². The Labute approximate surface area is 99.5 Å². The summed E-state index contributed by atoms with van der Waals surface area (Å²) in [4.78, 5) is 2.24. The Morgan fingerprint density at radius 1 is 1.19 bits per heavy atom. The van der Waals surface area contributed by atoms with Crippen LogP contribution in [0.2, 0.25) is 0 Å². The molecule has 0 saturated heterocycles. The van der Waals surface area contributed by atoms with Gasteiger partial charge in [-0.3, -0.25) is 0 Å². The predicted octanol–water partition coefficient (Wildman–Crippen LogP) is 2.87. The molecule has 2 nitrogen and oxygen atoms in total. The Balaban J connectivity index is 2.84. The fourth-order valence-corrected chi connectivity index (χ4v) is 1.92. The molecule has 0 aromatic heterocycles. The minimum Gasteiger partial charge on any atom is -0.373 e. The number of hydrogen-bond acceptors (Lipinski definition) is 2. The summed E-state index contributed by atoms with van der Waals surface area (Å²) < 4.78 is 0. The number of nitrogens with zero attached hydrogens (tertiary/aromatic N) is 1. The largest absolute Gasteiger partial charge is 0.373 e. The first-order valence-corrected chi connectivity index (χ1v) is 5.92. The fraction of sp³-hybridized carbons (Fsp3) is 0.571. The Morgan fingerprint density at radius 2 is 1.69 bits per heavy atom. The van der Waals surface area contributed by atoms with E-state index in [0.29, 0.717) is 0 Å². The van der Waals surface area contributed by atoms with Crippen molar-refractivity contribution in [2.75, 3.05) is 18.5 Å². The van der Waals surface area contributed by atoms with Gasteiger partial charge in [-0.25, -0.2) is 0 Å². The summed E-state index contributed by atoms with van der Waals surface area (Å²) in [6.07, 6.45) is 0.988. The molecule has 2 N–H and O–H groups in total. The molecule has 0 fully saturated rings. The van der Waals surface area contributed by atoms with Crippen LogP contribution in [-0.2, 0) is 0 Å². The molecule has 1 rings (SSSR count). The van der Waals surface area contributed by atoms with E-state index in [9.17, 15) is 0 Å². The zero-order valence-corrected chi connectivity index (χ0v) is 11.2. The summed E-state index contributed by atoms with van der Waals surface area (Å²) in [5, 5.41) is 0. The van der Waals surface area contributed by atoms with Gasteiger partial charge in [0.05, 0.1) is 0 Å². The van der Waals surface area contributed by atoms with Crippen molar-refractivity contribution in [3.63, 3.8) is 0 Å². The zero-order valence-electron chi connectivity index (χ0n) is 11.2. The topological polar surface area (TPSA) is 29.3 Å². The summed E-state index contributed by atoms with van der Waals surface area (Å²) in [7, 11) is 2.11. The third-order valence-corrected chi connectivity index (χ3v) is 3.05. The van der Waals surface area contributed by atoms with E-state index in [-0.39, 0.29) is 5.54 Å². The average Bonchev–Trinajstić information content (AvgIpc) is 2.15. The lowest BCUT2D eigenvalue weighted by Crippen LogP contribution is -2.46. The number of likely N-dealkylation sites (N-methyl/N-ethyl adjacent to an activating group) is 1. The van der Waals surface area contributed by atoms with Crippen molar-refractivity contribution >= 4 is 5.69 Å². The van der Waals surface area contributed by atoms with Gasteiger partial charge in [-0.1, -0.05) is 13.0 Å². The van der Waals surface area contributed by atoms with E-state index in [1.165, 1.54) is 16.8 Å². The molecule has 0 spiro atoms.